The molecule has 0 atom stereocenters. The highest BCUT2D eigenvalue weighted by Gasteiger charge is 2.36. The summed E-state index contributed by atoms with van der Waals surface area (Å²) < 4.78 is 0. The van der Waals surface area contributed by atoms with Crippen LogP contribution in [0.4, 0.5) is 0 Å². The van der Waals surface area contributed by atoms with Crippen molar-refractivity contribution in [1.82, 2.24) is 15.1 Å². The molecule has 2 aromatic rings. The second-order valence-corrected chi connectivity index (χ2v) is 7.66. The number of carbonyl (C=O) groups excluding carboxylic acids is 3. The standard InChI is InChI=1S/C23H25N3O3/c1-25(18-9-12-24-13-10-18)21(27)17-7-8-19-20(15-17)23(29)26(22(19)28)14-11-16-5-3-2-4-6-16/h2-8,15,18,24H,9-14H2,1H3. The van der Waals surface area contributed by atoms with Gasteiger partial charge in [0.2, 0.25) is 0 Å². The van der Waals surface area contributed by atoms with E-state index in [1.54, 1.807) is 23.1 Å². The van der Waals surface area contributed by atoms with E-state index in [9.17, 15) is 14.4 Å². The maximum absolute atomic E-state index is 12.9. The molecule has 2 heterocycles. The number of nitrogens with one attached hydrogen (secondary N) is 1. The van der Waals surface area contributed by atoms with Crippen molar-refractivity contribution >= 4 is 17.7 Å². The third-order valence-electron chi connectivity index (χ3n) is 5.86. The van der Waals surface area contributed by atoms with Crippen molar-refractivity contribution in [2.45, 2.75) is 25.3 Å². The topological polar surface area (TPSA) is 69.7 Å². The molecular weight excluding hydrogens is 366 g/mol. The minimum Gasteiger partial charge on any atom is -0.339 e. The summed E-state index contributed by atoms with van der Waals surface area (Å²) in [7, 11) is 1.81. The number of hydrogen-bond acceptors (Lipinski definition) is 4. The Bertz CT molecular complexity index is 936. The highest BCUT2D eigenvalue weighted by atomic mass is 16.2. The van der Waals surface area contributed by atoms with Gasteiger partial charge in [-0.15, -0.1) is 0 Å². The maximum atomic E-state index is 12.9. The van der Waals surface area contributed by atoms with Gasteiger partial charge in [-0.1, -0.05) is 30.3 Å². The summed E-state index contributed by atoms with van der Waals surface area (Å²) in [4.78, 5) is 41.5. The molecule has 6 nitrogen and oxygen atoms in total. The summed E-state index contributed by atoms with van der Waals surface area (Å²) in [5.41, 5.74) is 2.23. The van der Waals surface area contributed by atoms with Gasteiger partial charge in [0.15, 0.2) is 0 Å². The smallest absolute Gasteiger partial charge is 0.261 e. The number of piperidine rings is 1. The monoisotopic (exact) mass is 391 g/mol. The summed E-state index contributed by atoms with van der Waals surface area (Å²) in [6, 6.07) is 14.8. The van der Waals surface area contributed by atoms with E-state index in [1.807, 2.05) is 37.4 Å². The lowest BCUT2D eigenvalue weighted by Crippen LogP contribution is -2.44. The molecule has 3 amide bonds. The zero-order valence-electron chi connectivity index (χ0n) is 16.6. The largest absolute Gasteiger partial charge is 0.339 e. The van der Waals surface area contributed by atoms with Gasteiger partial charge in [0.05, 0.1) is 11.1 Å². The van der Waals surface area contributed by atoms with Crippen LogP contribution in [0.5, 0.6) is 0 Å². The average Bonchev–Trinajstić information content (AvgIpc) is 3.01. The van der Waals surface area contributed by atoms with E-state index < -0.39 is 0 Å². The van der Waals surface area contributed by atoms with Crippen molar-refractivity contribution in [3.8, 4) is 0 Å². The Morgan fingerprint density at radius 2 is 1.72 bits per heavy atom. The average molecular weight is 391 g/mol. The van der Waals surface area contributed by atoms with Crippen molar-refractivity contribution in [2.75, 3.05) is 26.7 Å². The van der Waals surface area contributed by atoms with E-state index in [2.05, 4.69) is 5.32 Å². The Hall–Kier alpha value is -2.99. The van der Waals surface area contributed by atoms with E-state index in [-0.39, 0.29) is 23.8 Å². The quantitative estimate of drug-likeness (QED) is 0.795. The molecule has 2 aliphatic rings. The van der Waals surface area contributed by atoms with Crippen LogP contribution in [0.2, 0.25) is 0 Å². The summed E-state index contributed by atoms with van der Waals surface area (Å²) in [5.74, 6) is -0.713. The molecule has 2 aliphatic heterocycles. The van der Waals surface area contributed by atoms with Crippen LogP contribution in [0, 0.1) is 0 Å². The number of rotatable bonds is 5. The van der Waals surface area contributed by atoms with Crippen LogP contribution in [-0.2, 0) is 6.42 Å². The van der Waals surface area contributed by atoms with Crippen molar-refractivity contribution < 1.29 is 14.4 Å². The SMILES string of the molecule is CN(C(=O)c1ccc2c(c1)C(=O)N(CCc1ccccc1)C2=O)C1CCNCC1. The Kier molecular flexibility index (Phi) is 5.45. The van der Waals surface area contributed by atoms with Crippen molar-refractivity contribution in [3.63, 3.8) is 0 Å². The summed E-state index contributed by atoms with van der Waals surface area (Å²) >= 11 is 0. The second-order valence-electron chi connectivity index (χ2n) is 7.66. The van der Waals surface area contributed by atoms with Gasteiger partial charge in [-0.05, 0) is 56.1 Å². The van der Waals surface area contributed by atoms with Gasteiger partial charge in [-0.3, -0.25) is 19.3 Å². The molecule has 0 saturated carbocycles. The summed E-state index contributed by atoms with van der Waals surface area (Å²) in [6.45, 7) is 2.13. The first kappa shape index (κ1) is 19.3. The molecule has 0 unspecified atom stereocenters. The molecule has 0 aromatic heterocycles. The maximum Gasteiger partial charge on any atom is 0.261 e. The van der Waals surface area contributed by atoms with E-state index >= 15 is 0 Å². The summed E-state index contributed by atoms with van der Waals surface area (Å²) in [6.07, 6.45) is 2.44. The third kappa shape index (κ3) is 3.80. The number of hydrogen-bond donors (Lipinski definition) is 1. The minimum absolute atomic E-state index is 0.109. The number of nitrogens with zero attached hydrogens (tertiary/aromatic N) is 2. The molecule has 6 heteroatoms. The lowest BCUT2D eigenvalue weighted by Gasteiger charge is -2.31. The molecule has 0 radical (unpaired) electrons. The highest BCUT2D eigenvalue weighted by molar-refractivity contribution is 6.22. The van der Waals surface area contributed by atoms with Gasteiger partial charge in [-0.25, -0.2) is 0 Å². The van der Waals surface area contributed by atoms with Crippen LogP contribution in [-0.4, -0.2) is 60.2 Å². The predicted octanol–water partition coefficient (Wildman–Crippen LogP) is 2.35. The Morgan fingerprint density at radius 3 is 2.45 bits per heavy atom. The molecule has 4 rings (SSSR count). The van der Waals surface area contributed by atoms with Crippen LogP contribution in [0.1, 0.15) is 49.5 Å². The first-order valence-electron chi connectivity index (χ1n) is 10.1. The van der Waals surface area contributed by atoms with Crippen molar-refractivity contribution in [2.24, 2.45) is 0 Å². The molecule has 150 valence electrons. The molecule has 1 fully saturated rings. The van der Waals surface area contributed by atoms with Crippen molar-refractivity contribution in [1.29, 1.82) is 0 Å². The Morgan fingerprint density at radius 1 is 1.03 bits per heavy atom. The Balaban J connectivity index is 1.49. The molecule has 0 bridgehead atoms. The Labute approximate surface area is 170 Å². The van der Waals surface area contributed by atoms with E-state index in [1.165, 1.54) is 4.90 Å². The van der Waals surface area contributed by atoms with E-state index in [0.717, 1.165) is 31.5 Å². The van der Waals surface area contributed by atoms with Gasteiger partial charge in [0, 0.05) is 25.2 Å². The zero-order valence-corrected chi connectivity index (χ0v) is 16.6. The predicted molar refractivity (Wildman–Crippen MR) is 110 cm³/mol. The number of benzene rings is 2. The van der Waals surface area contributed by atoms with Gasteiger partial charge in [0.1, 0.15) is 0 Å². The highest BCUT2D eigenvalue weighted by Crippen LogP contribution is 2.25. The number of fused-ring (bicyclic) bond motifs is 1. The minimum atomic E-state index is -0.319. The number of imide groups is 1. The van der Waals surface area contributed by atoms with Gasteiger partial charge in [0.25, 0.3) is 17.7 Å². The normalized spacial score (nSPS) is 16.8. The van der Waals surface area contributed by atoms with Crippen LogP contribution < -0.4 is 5.32 Å². The molecule has 1 saturated heterocycles. The van der Waals surface area contributed by atoms with Crippen LogP contribution >= 0.6 is 0 Å². The fourth-order valence-electron chi connectivity index (χ4n) is 4.08. The fraction of sp³-hybridized carbons (Fsp3) is 0.348. The molecule has 29 heavy (non-hydrogen) atoms. The van der Waals surface area contributed by atoms with Crippen LogP contribution in [0.3, 0.4) is 0 Å². The van der Waals surface area contributed by atoms with Gasteiger partial charge >= 0.3 is 0 Å². The zero-order chi connectivity index (χ0) is 20.4. The van der Waals surface area contributed by atoms with E-state index in [0.29, 0.717) is 29.7 Å². The lowest BCUT2D eigenvalue weighted by molar-refractivity contribution is 0.0655. The van der Waals surface area contributed by atoms with Gasteiger partial charge < -0.3 is 10.2 Å². The molecule has 2 aromatic carbocycles. The van der Waals surface area contributed by atoms with Crippen molar-refractivity contribution in [3.05, 3.63) is 70.8 Å². The first-order valence-corrected chi connectivity index (χ1v) is 10.1. The second kappa shape index (κ2) is 8.17. The first-order chi connectivity index (χ1) is 14.1. The van der Waals surface area contributed by atoms with Crippen LogP contribution in [0.15, 0.2) is 48.5 Å². The lowest BCUT2D eigenvalue weighted by atomic mass is 10.0. The molecule has 1 N–H and O–H groups in total. The third-order valence-corrected chi connectivity index (χ3v) is 5.86. The van der Waals surface area contributed by atoms with Crippen LogP contribution in [0.25, 0.3) is 0 Å². The number of amides is 3. The molecule has 0 aliphatic carbocycles. The fourth-order valence-corrected chi connectivity index (χ4v) is 4.08. The summed E-state index contributed by atoms with van der Waals surface area (Å²) in [5, 5.41) is 3.30. The number of carbonyl (C=O) groups is 3. The van der Waals surface area contributed by atoms with E-state index in [4.69, 9.17) is 0 Å². The van der Waals surface area contributed by atoms with Gasteiger partial charge in [-0.2, -0.15) is 0 Å². The molecule has 0 spiro atoms. The molecular formula is C23H25N3O3.